The number of carbonyl (C=O) groups excluding carboxylic acids is 1. The maximum absolute atomic E-state index is 13.3. The van der Waals surface area contributed by atoms with E-state index in [0.717, 1.165) is 0 Å². The van der Waals surface area contributed by atoms with Crippen LogP contribution in [0.1, 0.15) is 6.92 Å². The SMILES string of the molecule is CC1CN(C(=O)COc2ccc(F)cc2)CCN1c1cccc(F)n1. The van der Waals surface area contributed by atoms with Gasteiger partial charge in [0, 0.05) is 25.7 Å². The standard InChI is InChI=1S/C18H19F2N3O2/c1-13-11-22(9-10-23(13)17-4-2-3-16(20)21-17)18(24)12-25-15-7-5-14(19)6-8-15/h2-8,13H,9-12H2,1H3. The van der Waals surface area contributed by atoms with Crippen LogP contribution in [0.5, 0.6) is 5.75 Å². The molecular formula is C18H19F2N3O2. The molecule has 1 unspecified atom stereocenters. The highest BCUT2D eigenvalue weighted by Crippen LogP contribution is 2.19. The zero-order chi connectivity index (χ0) is 17.8. The number of ether oxygens (including phenoxy) is 1. The third-order valence-electron chi connectivity index (χ3n) is 4.15. The molecule has 0 N–H and O–H groups in total. The summed E-state index contributed by atoms with van der Waals surface area (Å²) in [6.45, 7) is 3.45. The minimum Gasteiger partial charge on any atom is -0.484 e. The monoisotopic (exact) mass is 347 g/mol. The second-order valence-corrected chi connectivity index (χ2v) is 5.94. The number of aromatic nitrogens is 1. The molecule has 1 fully saturated rings. The summed E-state index contributed by atoms with van der Waals surface area (Å²) in [4.78, 5) is 19.9. The Bertz CT molecular complexity index is 739. The Morgan fingerprint density at radius 2 is 1.96 bits per heavy atom. The average molecular weight is 347 g/mol. The number of pyridine rings is 1. The van der Waals surface area contributed by atoms with E-state index in [1.165, 1.54) is 30.3 Å². The number of hydrogen-bond donors (Lipinski definition) is 0. The van der Waals surface area contributed by atoms with Crippen molar-refractivity contribution in [2.24, 2.45) is 0 Å². The molecule has 1 saturated heterocycles. The molecule has 1 aliphatic heterocycles. The molecule has 132 valence electrons. The van der Waals surface area contributed by atoms with Crippen molar-refractivity contribution >= 4 is 11.7 Å². The van der Waals surface area contributed by atoms with Crippen molar-refractivity contribution in [2.45, 2.75) is 13.0 Å². The first-order valence-corrected chi connectivity index (χ1v) is 8.08. The van der Waals surface area contributed by atoms with Gasteiger partial charge in [-0.05, 0) is 43.3 Å². The van der Waals surface area contributed by atoms with Crippen molar-refractivity contribution in [3.8, 4) is 5.75 Å². The Morgan fingerprint density at radius 1 is 1.20 bits per heavy atom. The van der Waals surface area contributed by atoms with Gasteiger partial charge in [-0.1, -0.05) is 6.07 Å². The van der Waals surface area contributed by atoms with Gasteiger partial charge in [-0.15, -0.1) is 0 Å². The molecule has 2 heterocycles. The summed E-state index contributed by atoms with van der Waals surface area (Å²) >= 11 is 0. The number of carbonyl (C=O) groups is 1. The molecule has 0 saturated carbocycles. The topological polar surface area (TPSA) is 45.7 Å². The lowest BCUT2D eigenvalue weighted by atomic mass is 10.2. The summed E-state index contributed by atoms with van der Waals surface area (Å²) in [6.07, 6.45) is 0. The van der Waals surface area contributed by atoms with E-state index in [9.17, 15) is 13.6 Å². The van der Waals surface area contributed by atoms with Gasteiger partial charge in [0.2, 0.25) is 5.95 Å². The van der Waals surface area contributed by atoms with Gasteiger partial charge in [0.1, 0.15) is 17.4 Å². The van der Waals surface area contributed by atoms with Gasteiger partial charge in [0.25, 0.3) is 5.91 Å². The highest BCUT2D eigenvalue weighted by molar-refractivity contribution is 5.78. The smallest absolute Gasteiger partial charge is 0.260 e. The summed E-state index contributed by atoms with van der Waals surface area (Å²) < 4.78 is 31.6. The van der Waals surface area contributed by atoms with Crippen molar-refractivity contribution in [3.63, 3.8) is 0 Å². The van der Waals surface area contributed by atoms with E-state index in [1.807, 2.05) is 11.8 Å². The largest absolute Gasteiger partial charge is 0.484 e. The summed E-state index contributed by atoms with van der Waals surface area (Å²) in [7, 11) is 0. The van der Waals surface area contributed by atoms with E-state index in [1.54, 1.807) is 17.0 Å². The Morgan fingerprint density at radius 3 is 2.64 bits per heavy atom. The van der Waals surface area contributed by atoms with E-state index in [2.05, 4.69) is 4.98 Å². The quantitative estimate of drug-likeness (QED) is 0.797. The number of anilines is 1. The van der Waals surface area contributed by atoms with Crippen LogP contribution in [0.15, 0.2) is 42.5 Å². The molecule has 0 radical (unpaired) electrons. The number of piperazine rings is 1. The maximum atomic E-state index is 13.3. The third kappa shape index (κ3) is 4.23. The molecule has 3 rings (SSSR count). The average Bonchev–Trinajstić information content (AvgIpc) is 2.61. The first kappa shape index (κ1) is 17.1. The molecule has 1 aliphatic rings. The van der Waals surface area contributed by atoms with Crippen LogP contribution >= 0.6 is 0 Å². The van der Waals surface area contributed by atoms with E-state index in [4.69, 9.17) is 4.74 Å². The summed E-state index contributed by atoms with van der Waals surface area (Å²) in [5.74, 6) is 0.0149. The van der Waals surface area contributed by atoms with Gasteiger partial charge in [-0.3, -0.25) is 4.79 Å². The predicted octanol–water partition coefficient (Wildman–Crippen LogP) is 2.48. The highest BCUT2D eigenvalue weighted by atomic mass is 19.1. The molecule has 1 aromatic carbocycles. The minimum atomic E-state index is -0.518. The van der Waals surface area contributed by atoms with Crippen LogP contribution in [-0.2, 0) is 4.79 Å². The lowest BCUT2D eigenvalue weighted by molar-refractivity contribution is -0.134. The Balaban J connectivity index is 1.55. The first-order valence-electron chi connectivity index (χ1n) is 8.08. The van der Waals surface area contributed by atoms with Gasteiger partial charge >= 0.3 is 0 Å². The fourth-order valence-corrected chi connectivity index (χ4v) is 2.85. The van der Waals surface area contributed by atoms with Crippen LogP contribution in [0.3, 0.4) is 0 Å². The first-order chi connectivity index (χ1) is 12.0. The van der Waals surface area contributed by atoms with E-state index < -0.39 is 5.95 Å². The van der Waals surface area contributed by atoms with Crippen LogP contribution in [0, 0.1) is 11.8 Å². The van der Waals surface area contributed by atoms with E-state index in [0.29, 0.717) is 31.2 Å². The van der Waals surface area contributed by atoms with Gasteiger partial charge < -0.3 is 14.5 Å². The van der Waals surface area contributed by atoms with E-state index >= 15 is 0 Å². The summed E-state index contributed by atoms with van der Waals surface area (Å²) in [5, 5.41) is 0. The minimum absolute atomic E-state index is 0.0119. The van der Waals surface area contributed by atoms with Crippen molar-refractivity contribution in [1.29, 1.82) is 0 Å². The second-order valence-electron chi connectivity index (χ2n) is 5.94. The van der Waals surface area contributed by atoms with Crippen LogP contribution in [0.2, 0.25) is 0 Å². The zero-order valence-corrected chi connectivity index (χ0v) is 13.9. The molecule has 0 bridgehead atoms. The van der Waals surface area contributed by atoms with Crippen LogP contribution in [0.25, 0.3) is 0 Å². The van der Waals surface area contributed by atoms with Crippen molar-refractivity contribution in [2.75, 3.05) is 31.1 Å². The third-order valence-corrected chi connectivity index (χ3v) is 4.15. The number of hydrogen-bond acceptors (Lipinski definition) is 4. The maximum Gasteiger partial charge on any atom is 0.260 e. The summed E-state index contributed by atoms with van der Waals surface area (Å²) in [6, 6.07) is 10.2. The van der Waals surface area contributed by atoms with Crippen LogP contribution in [0.4, 0.5) is 14.6 Å². The van der Waals surface area contributed by atoms with Crippen molar-refractivity contribution in [3.05, 3.63) is 54.2 Å². The zero-order valence-electron chi connectivity index (χ0n) is 13.9. The van der Waals surface area contributed by atoms with E-state index in [-0.39, 0.29) is 24.4 Å². The molecule has 0 aliphatic carbocycles. The molecule has 5 nitrogen and oxygen atoms in total. The predicted molar refractivity (Wildman–Crippen MR) is 89.5 cm³/mol. The molecule has 0 spiro atoms. The number of rotatable bonds is 4. The number of nitrogens with zero attached hydrogens (tertiary/aromatic N) is 3. The normalized spacial score (nSPS) is 17.5. The molecule has 1 atom stereocenters. The van der Waals surface area contributed by atoms with Crippen molar-refractivity contribution < 1.29 is 18.3 Å². The summed E-state index contributed by atoms with van der Waals surface area (Å²) in [5.41, 5.74) is 0. The Kier molecular flexibility index (Phi) is 5.11. The fourth-order valence-electron chi connectivity index (χ4n) is 2.85. The van der Waals surface area contributed by atoms with Gasteiger partial charge in [-0.25, -0.2) is 9.37 Å². The number of benzene rings is 1. The Hall–Kier alpha value is -2.70. The highest BCUT2D eigenvalue weighted by Gasteiger charge is 2.27. The van der Waals surface area contributed by atoms with Crippen molar-refractivity contribution in [1.82, 2.24) is 9.88 Å². The number of amides is 1. The molecule has 7 heteroatoms. The van der Waals surface area contributed by atoms with Gasteiger partial charge in [-0.2, -0.15) is 4.39 Å². The molecule has 1 amide bonds. The molecule has 25 heavy (non-hydrogen) atoms. The molecular weight excluding hydrogens is 328 g/mol. The molecule has 1 aromatic heterocycles. The lowest BCUT2D eigenvalue weighted by Gasteiger charge is -2.40. The fraction of sp³-hybridized carbons (Fsp3) is 0.333. The van der Waals surface area contributed by atoms with Gasteiger partial charge in [0.05, 0.1) is 0 Å². The van der Waals surface area contributed by atoms with Crippen LogP contribution in [-0.4, -0.2) is 48.1 Å². The molecule has 2 aromatic rings. The lowest BCUT2D eigenvalue weighted by Crippen LogP contribution is -2.54. The Labute approximate surface area is 144 Å². The van der Waals surface area contributed by atoms with Gasteiger partial charge in [0.15, 0.2) is 6.61 Å². The van der Waals surface area contributed by atoms with Crippen LogP contribution < -0.4 is 9.64 Å². The second kappa shape index (κ2) is 7.46. The number of halogens is 2.